The first kappa shape index (κ1) is 13.0. The molecule has 0 aliphatic rings. The summed E-state index contributed by atoms with van der Waals surface area (Å²) in [7, 11) is 0. The van der Waals surface area contributed by atoms with E-state index in [1.807, 2.05) is 0 Å². The van der Waals surface area contributed by atoms with Crippen LogP contribution in [0.2, 0.25) is 5.02 Å². The second-order valence-electron chi connectivity index (χ2n) is 3.35. The van der Waals surface area contributed by atoms with Crippen LogP contribution in [-0.4, -0.2) is 4.98 Å². The van der Waals surface area contributed by atoms with Crippen LogP contribution in [0, 0.1) is 11.6 Å². The molecule has 2 N–H and O–H groups in total. The molecule has 2 aromatic rings. The van der Waals surface area contributed by atoms with Gasteiger partial charge in [-0.15, -0.1) is 0 Å². The third-order valence-electron chi connectivity index (χ3n) is 2.03. The van der Waals surface area contributed by atoms with Crippen molar-refractivity contribution in [2.75, 3.05) is 5.73 Å². The zero-order valence-electron chi connectivity index (χ0n) is 8.75. The van der Waals surface area contributed by atoms with Gasteiger partial charge in [0.15, 0.2) is 11.6 Å². The van der Waals surface area contributed by atoms with E-state index >= 15 is 0 Å². The van der Waals surface area contributed by atoms with Crippen molar-refractivity contribution in [2.24, 2.45) is 0 Å². The Bertz CT molecular complexity index is 610. The van der Waals surface area contributed by atoms with Gasteiger partial charge in [0.05, 0.1) is 5.69 Å². The molecule has 0 saturated heterocycles. The molecule has 0 aliphatic heterocycles. The third kappa shape index (κ3) is 2.70. The van der Waals surface area contributed by atoms with Crippen LogP contribution in [0.15, 0.2) is 28.9 Å². The van der Waals surface area contributed by atoms with Gasteiger partial charge in [-0.3, -0.25) is 0 Å². The van der Waals surface area contributed by atoms with Crippen molar-refractivity contribution in [1.82, 2.24) is 4.98 Å². The van der Waals surface area contributed by atoms with Crippen LogP contribution in [0.3, 0.4) is 0 Å². The average molecular weight is 336 g/mol. The number of hydrogen-bond donors (Lipinski definition) is 1. The van der Waals surface area contributed by atoms with Gasteiger partial charge in [0.25, 0.3) is 0 Å². The van der Waals surface area contributed by atoms with Crippen molar-refractivity contribution < 1.29 is 13.5 Å². The Kier molecular flexibility index (Phi) is 3.68. The van der Waals surface area contributed by atoms with E-state index in [1.54, 1.807) is 0 Å². The van der Waals surface area contributed by atoms with Gasteiger partial charge in [0, 0.05) is 22.8 Å². The number of hydrogen-bond acceptors (Lipinski definition) is 3. The Morgan fingerprint density at radius 3 is 2.61 bits per heavy atom. The summed E-state index contributed by atoms with van der Waals surface area (Å²) in [6, 6.07) is 3.19. The monoisotopic (exact) mass is 334 g/mol. The van der Waals surface area contributed by atoms with Crippen molar-refractivity contribution in [1.29, 1.82) is 0 Å². The fourth-order valence-electron chi connectivity index (χ4n) is 1.20. The quantitative estimate of drug-likeness (QED) is 0.839. The predicted octanol–water partition coefficient (Wildman–Crippen LogP) is 4.15. The predicted molar refractivity (Wildman–Crippen MR) is 67.8 cm³/mol. The molecule has 1 aromatic carbocycles. The first-order valence-electron chi connectivity index (χ1n) is 4.71. The molecule has 2 rings (SSSR count). The fraction of sp³-hybridized carbons (Fsp3) is 0. The van der Waals surface area contributed by atoms with Gasteiger partial charge in [-0.2, -0.15) is 0 Å². The Hall–Kier alpha value is -1.40. The maximum Gasteiger partial charge on any atom is 0.238 e. The highest BCUT2D eigenvalue weighted by Crippen LogP contribution is 2.32. The number of halogens is 4. The summed E-state index contributed by atoms with van der Waals surface area (Å²) in [5.74, 6) is -1.93. The summed E-state index contributed by atoms with van der Waals surface area (Å²) in [5.41, 5.74) is 4.92. The molecule has 94 valence electrons. The Balaban J connectivity index is 2.37. The van der Waals surface area contributed by atoms with Crippen LogP contribution in [0.25, 0.3) is 0 Å². The van der Waals surface area contributed by atoms with E-state index in [-0.39, 0.29) is 22.3 Å². The van der Waals surface area contributed by atoms with E-state index in [0.29, 0.717) is 4.47 Å². The van der Waals surface area contributed by atoms with Gasteiger partial charge in [-0.25, -0.2) is 13.8 Å². The SMILES string of the molecule is Nc1cc(F)c(Oc2ncc(Br)cc2Cl)cc1F. The zero-order valence-corrected chi connectivity index (χ0v) is 11.1. The number of aromatic nitrogens is 1. The highest BCUT2D eigenvalue weighted by molar-refractivity contribution is 9.10. The lowest BCUT2D eigenvalue weighted by Gasteiger charge is -2.08. The maximum atomic E-state index is 13.5. The minimum Gasteiger partial charge on any atom is -0.434 e. The molecular weight excluding hydrogens is 329 g/mol. The molecule has 0 atom stereocenters. The molecule has 0 aliphatic carbocycles. The molecule has 0 spiro atoms. The number of rotatable bonds is 2. The third-order valence-corrected chi connectivity index (χ3v) is 2.74. The normalized spacial score (nSPS) is 10.4. The second-order valence-corrected chi connectivity index (χ2v) is 4.67. The molecule has 1 heterocycles. The maximum absolute atomic E-state index is 13.5. The van der Waals surface area contributed by atoms with Crippen LogP contribution < -0.4 is 10.5 Å². The fourth-order valence-corrected chi connectivity index (χ4v) is 1.87. The largest absolute Gasteiger partial charge is 0.434 e. The molecule has 0 radical (unpaired) electrons. The van der Waals surface area contributed by atoms with Gasteiger partial charge >= 0.3 is 0 Å². The van der Waals surface area contributed by atoms with Crippen molar-refractivity contribution in [3.63, 3.8) is 0 Å². The Labute approximate surface area is 115 Å². The van der Waals surface area contributed by atoms with Gasteiger partial charge in [-0.1, -0.05) is 11.6 Å². The number of benzene rings is 1. The standard InChI is InChI=1S/C11H6BrClF2N2O/c12-5-1-6(13)11(17-4-5)18-10-3-7(14)9(16)2-8(10)15/h1-4H,16H2. The minimum atomic E-state index is -0.797. The number of anilines is 1. The lowest BCUT2D eigenvalue weighted by atomic mass is 10.3. The topological polar surface area (TPSA) is 48.1 Å². The molecular formula is C11H6BrClF2N2O. The van der Waals surface area contributed by atoms with E-state index in [0.717, 1.165) is 12.1 Å². The van der Waals surface area contributed by atoms with E-state index < -0.39 is 11.6 Å². The highest BCUT2D eigenvalue weighted by atomic mass is 79.9. The molecule has 0 bridgehead atoms. The van der Waals surface area contributed by atoms with Gasteiger partial charge < -0.3 is 10.5 Å². The second kappa shape index (κ2) is 5.07. The highest BCUT2D eigenvalue weighted by Gasteiger charge is 2.12. The van der Waals surface area contributed by atoms with E-state index in [2.05, 4.69) is 20.9 Å². The summed E-state index contributed by atoms with van der Waals surface area (Å²) < 4.78 is 32.4. The minimum absolute atomic E-state index is 0.0251. The van der Waals surface area contributed by atoms with E-state index in [4.69, 9.17) is 22.1 Å². The molecule has 0 unspecified atom stereocenters. The number of nitrogens with two attached hydrogens (primary N) is 1. The number of ether oxygens (including phenoxy) is 1. The Morgan fingerprint density at radius 2 is 1.94 bits per heavy atom. The number of nitrogen functional groups attached to an aromatic ring is 1. The summed E-state index contributed by atoms with van der Waals surface area (Å²) in [6.45, 7) is 0. The summed E-state index contributed by atoms with van der Waals surface area (Å²) in [6.07, 6.45) is 1.42. The van der Waals surface area contributed by atoms with Crippen molar-refractivity contribution >= 4 is 33.2 Å². The first-order chi connectivity index (χ1) is 8.47. The lowest BCUT2D eigenvalue weighted by Crippen LogP contribution is -1.96. The van der Waals surface area contributed by atoms with Crippen molar-refractivity contribution in [3.05, 3.63) is 45.5 Å². The number of pyridine rings is 1. The molecule has 0 saturated carbocycles. The number of nitrogens with zero attached hydrogens (tertiary/aromatic N) is 1. The molecule has 18 heavy (non-hydrogen) atoms. The van der Waals surface area contributed by atoms with Gasteiger partial charge in [0.1, 0.15) is 10.8 Å². The first-order valence-corrected chi connectivity index (χ1v) is 5.88. The van der Waals surface area contributed by atoms with Gasteiger partial charge in [-0.05, 0) is 22.0 Å². The van der Waals surface area contributed by atoms with Crippen LogP contribution in [0.1, 0.15) is 0 Å². The zero-order chi connectivity index (χ0) is 13.3. The van der Waals surface area contributed by atoms with E-state index in [9.17, 15) is 8.78 Å². The molecule has 3 nitrogen and oxygen atoms in total. The van der Waals surface area contributed by atoms with Crippen LogP contribution >= 0.6 is 27.5 Å². The van der Waals surface area contributed by atoms with Crippen LogP contribution in [0.5, 0.6) is 11.6 Å². The molecule has 7 heteroatoms. The summed E-state index contributed by atoms with van der Waals surface area (Å²) >= 11 is 9.01. The van der Waals surface area contributed by atoms with Crippen LogP contribution in [0.4, 0.5) is 14.5 Å². The summed E-state index contributed by atoms with van der Waals surface area (Å²) in [5, 5.41) is 0.168. The van der Waals surface area contributed by atoms with Crippen molar-refractivity contribution in [3.8, 4) is 11.6 Å². The summed E-state index contributed by atoms with van der Waals surface area (Å²) in [4.78, 5) is 3.84. The van der Waals surface area contributed by atoms with Crippen LogP contribution in [-0.2, 0) is 0 Å². The smallest absolute Gasteiger partial charge is 0.238 e. The van der Waals surface area contributed by atoms with Gasteiger partial charge in [0.2, 0.25) is 5.88 Å². The molecule has 0 fully saturated rings. The molecule has 1 aromatic heterocycles. The average Bonchev–Trinajstić information content (AvgIpc) is 2.29. The van der Waals surface area contributed by atoms with E-state index in [1.165, 1.54) is 12.3 Å². The lowest BCUT2D eigenvalue weighted by molar-refractivity contribution is 0.423. The molecule has 0 amide bonds. The van der Waals surface area contributed by atoms with Crippen molar-refractivity contribution in [2.45, 2.75) is 0 Å². The Morgan fingerprint density at radius 1 is 1.22 bits per heavy atom.